The normalized spacial score (nSPS) is 11.1. The number of pyridine rings is 1. The Morgan fingerprint density at radius 3 is 2.32 bits per heavy atom. The van der Waals surface area contributed by atoms with Crippen molar-refractivity contribution >= 4 is 38.3 Å². The number of hydrogen-bond donors (Lipinski definition) is 1. The molecule has 0 bridgehead atoms. The molecule has 158 valence electrons. The minimum absolute atomic E-state index is 0.208. The van der Waals surface area contributed by atoms with Gasteiger partial charge >= 0.3 is 5.69 Å². The summed E-state index contributed by atoms with van der Waals surface area (Å²) >= 11 is 3.40. The fourth-order valence-electron chi connectivity index (χ4n) is 3.69. The lowest BCUT2D eigenvalue weighted by molar-refractivity contribution is 0.652. The maximum atomic E-state index is 13.4. The van der Waals surface area contributed by atoms with Crippen LogP contribution in [0.2, 0.25) is 0 Å². The molecule has 2 aromatic heterocycles. The van der Waals surface area contributed by atoms with Gasteiger partial charge in [-0.2, -0.15) is 0 Å². The molecule has 0 aliphatic heterocycles. The summed E-state index contributed by atoms with van der Waals surface area (Å²) in [6.07, 6.45) is 0. The predicted molar refractivity (Wildman–Crippen MR) is 127 cm³/mol. The summed E-state index contributed by atoms with van der Waals surface area (Å²) in [5.41, 5.74) is 1.54. The minimum atomic E-state index is -0.481. The summed E-state index contributed by atoms with van der Waals surface area (Å²) in [6.45, 7) is 3.84. The quantitative estimate of drug-likeness (QED) is 0.483. The number of aromatic nitrogens is 3. The topological polar surface area (TPSA) is 78.0 Å². The molecule has 0 fully saturated rings. The first-order valence-corrected chi connectivity index (χ1v) is 10.6. The van der Waals surface area contributed by atoms with E-state index in [9.17, 15) is 14.4 Å². The number of fused-ring (bicyclic) bond motifs is 1. The van der Waals surface area contributed by atoms with Gasteiger partial charge in [0.1, 0.15) is 11.0 Å². The zero-order valence-corrected chi connectivity index (χ0v) is 18.9. The lowest BCUT2D eigenvalue weighted by Gasteiger charge is -2.19. The Morgan fingerprint density at radius 1 is 1.00 bits per heavy atom. The zero-order valence-electron chi connectivity index (χ0n) is 17.3. The number of nitrogens with zero attached hydrogens (tertiary/aromatic N) is 3. The van der Waals surface area contributed by atoms with Crippen molar-refractivity contribution in [3.63, 3.8) is 0 Å². The molecule has 0 saturated heterocycles. The molecule has 0 aliphatic carbocycles. The molecule has 4 rings (SSSR count). The van der Waals surface area contributed by atoms with Gasteiger partial charge in [0.25, 0.3) is 11.1 Å². The number of anilines is 2. The van der Waals surface area contributed by atoms with Crippen LogP contribution in [0.25, 0.3) is 16.7 Å². The molecule has 2 aromatic carbocycles. The third kappa shape index (κ3) is 3.53. The van der Waals surface area contributed by atoms with E-state index in [4.69, 9.17) is 0 Å². The van der Waals surface area contributed by atoms with Gasteiger partial charge in [-0.15, -0.1) is 0 Å². The Bertz CT molecular complexity index is 1480. The number of rotatable bonds is 4. The summed E-state index contributed by atoms with van der Waals surface area (Å²) in [4.78, 5) is 39.5. The Hall–Kier alpha value is -3.39. The molecule has 0 aliphatic rings. The van der Waals surface area contributed by atoms with Crippen LogP contribution in [0.1, 0.15) is 12.5 Å². The first-order valence-electron chi connectivity index (χ1n) is 9.81. The van der Waals surface area contributed by atoms with Crippen molar-refractivity contribution < 1.29 is 0 Å². The van der Waals surface area contributed by atoms with Crippen molar-refractivity contribution in [3.8, 4) is 5.69 Å². The summed E-state index contributed by atoms with van der Waals surface area (Å²) in [5.74, 6) is 0. The molecule has 2 heterocycles. The summed E-state index contributed by atoms with van der Waals surface area (Å²) in [6, 6.07) is 16.2. The number of hydrogen-bond acceptors (Lipinski definition) is 4. The maximum Gasteiger partial charge on any atom is 0.337 e. The minimum Gasteiger partial charge on any atom is -0.355 e. The van der Waals surface area contributed by atoms with Gasteiger partial charge in [0.05, 0.1) is 11.4 Å². The van der Waals surface area contributed by atoms with Crippen LogP contribution in [0, 0.1) is 6.92 Å². The molecule has 4 aromatic rings. The molecule has 0 saturated carbocycles. The van der Waals surface area contributed by atoms with Crippen LogP contribution in [-0.2, 0) is 13.6 Å². The van der Waals surface area contributed by atoms with E-state index in [1.807, 2.05) is 49.4 Å². The van der Waals surface area contributed by atoms with Gasteiger partial charge in [-0.1, -0.05) is 34.1 Å². The first-order chi connectivity index (χ1) is 14.8. The van der Waals surface area contributed by atoms with Gasteiger partial charge in [0.15, 0.2) is 0 Å². The molecular weight excluding hydrogens is 460 g/mol. The molecule has 1 N–H and O–H groups in total. The zero-order chi connectivity index (χ0) is 22.3. The molecule has 0 amide bonds. The van der Waals surface area contributed by atoms with Gasteiger partial charge in [-0.25, -0.2) is 9.36 Å². The van der Waals surface area contributed by atoms with Gasteiger partial charge in [0, 0.05) is 29.8 Å². The van der Waals surface area contributed by atoms with E-state index in [2.05, 4.69) is 21.2 Å². The van der Waals surface area contributed by atoms with Crippen molar-refractivity contribution in [3.05, 3.63) is 95.8 Å². The Balaban J connectivity index is 2.17. The second-order valence-electron chi connectivity index (χ2n) is 7.24. The lowest BCUT2D eigenvalue weighted by atomic mass is 10.2. The molecule has 0 radical (unpaired) electrons. The van der Waals surface area contributed by atoms with Crippen LogP contribution in [0.5, 0.6) is 0 Å². The van der Waals surface area contributed by atoms with Crippen molar-refractivity contribution in [1.29, 1.82) is 0 Å². The maximum absolute atomic E-state index is 13.4. The van der Waals surface area contributed by atoms with Crippen molar-refractivity contribution in [1.82, 2.24) is 13.7 Å². The largest absolute Gasteiger partial charge is 0.355 e. The summed E-state index contributed by atoms with van der Waals surface area (Å²) < 4.78 is 4.89. The highest BCUT2D eigenvalue weighted by Crippen LogP contribution is 2.25. The standard InChI is InChI=1S/C23H21BrN4O3/c1-4-27-22(30)20-17(25-16-11-9-15(24)10-12-16)13-19(29)26(3)21(20)28(23(27)31)18-8-6-5-7-14(18)2/h5-13,25H,4H2,1-3H3. The van der Waals surface area contributed by atoms with E-state index in [1.54, 1.807) is 20.0 Å². The average Bonchev–Trinajstić information content (AvgIpc) is 2.74. The van der Waals surface area contributed by atoms with Crippen LogP contribution >= 0.6 is 15.9 Å². The Kier molecular flexibility index (Phi) is 5.41. The van der Waals surface area contributed by atoms with E-state index in [-0.39, 0.29) is 23.1 Å². The molecule has 0 spiro atoms. The number of halogens is 1. The second kappa shape index (κ2) is 8.03. The monoisotopic (exact) mass is 480 g/mol. The highest BCUT2D eigenvalue weighted by molar-refractivity contribution is 9.10. The number of nitrogens with one attached hydrogen (secondary N) is 1. The van der Waals surface area contributed by atoms with E-state index in [0.717, 1.165) is 10.0 Å². The fraction of sp³-hybridized carbons (Fsp3) is 0.174. The predicted octanol–water partition coefficient (Wildman–Crippen LogP) is 3.69. The summed E-state index contributed by atoms with van der Waals surface area (Å²) in [7, 11) is 1.57. The lowest BCUT2D eigenvalue weighted by Crippen LogP contribution is -2.41. The summed E-state index contributed by atoms with van der Waals surface area (Å²) in [5, 5.41) is 3.46. The van der Waals surface area contributed by atoms with Crippen LogP contribution in [0.4, 0.5) is 11.4 Å². The van der Waals surface area contributed by atoms with Gasteiger partial charge in [-0.05, 0) is 49.7 Å². The molecule has 31 heavy (non-hydrogen) atoms. The molecule has 0 atom stereocenters. The Morgan fingerprint density at radius 2 is 1.68 bits per heavy atom. The SMILES string of the molecule is CCn1c(=O)c2c(Nc3ccc(Br)cc3)cc(=O)n(C)c2n(-c2ccccc2C)c1=O. The van der Waals surface area contributed by atoms with E-state index in [1.165, 1.54) is 19.8 Å². The number of aryl methyl sites for hydroxylation is 2. The molecule has 0 unspecified atom stereocenters. The van der Waals surface area contributed by atoms with Gasteiger partial charge in [-0.3, -0.25) is 18.7 Å². The van der Waals surface area contributed by atoms with Crippen molar-refractivity contribution in [2.24, 2.45) is 7.05 Å². The number of para-hydroxylation sites is 1. The molecule has 8 heteroatoms. The molecule has 7 nitrogen and oxygen atoms in total. The van der Waals surface area contributed by atoms with E-state index in [0.29, 0.717) is 17.1 Å². The average molecular weight is 481 g/mol. The van der Waals surface area contributed by atoms with Crippen molar-refractivity contribution in [2.75, 3.05) is 5.32 Å². The van der Waals surface area contributed by atoms with Gasteiger partial charge in [0.2, 0.25) is 0 Å². The highest BCUT2D eigenvalue weighted by atomic mass is 79.9. The molecular formula is C23H21BrN4O3. The van der Waals surface area contributed by atoms with E-state index < -0.39 is 11.2 Å². The smallest absolute Gasteiger partial charge is 0.337 e. The fourth-order valence-corrected chi connectivity index (χ4v) is 3.95. The first kappa shape index (κ1) is 20.9. The highest BCUT2D eigenvalue weighted by Gasteiger charge is 2.21. The van der Waals surface area contributed by atoms with Crippen LogP contribution in [0.15, 0.2) is 73.5 Å². The second-order valence-corrected chi connectivity index (χ2v) is 8.16. The van der Waals surface area contributed by atoms with E-state index >= 15 is 0 Å². The number of benzene rings is 2. The third-order valence-electron chi connectivity index (χ3n) is 5.30. The van der Waals surface area contributed by atoms with Crippen LogP contribution in [-0.4, -0.2) is 13.7 Å². The Labute approximate surface area is 186 Å². The van der Waals surface area contributed by atoms with Crippen molar-refractivity contribution in [2.45, 2.75) is 20.4 Å². The van der Waals surface area contributed by atoms with Crippen LogP contribution < -0.4 is 22.1 Å². The van der Waals surface area contributed by atoms with Crippen LogP contribution in [0.3, 0.4) is 0 Å². The third-order valence-corrected chi connectivity index (χ3v) is 5.83. The van der Waals surface area contributed by atoms with Gasteiger partial charge < -0.3 is 5.32 Å².